The largest absolute Gasteiger partial charge is 0.444 e. The minimum Gasteiger partial charge on any atom is -0.444 e. The number of hydrogen-bond acceptors (Lipinski definition) is 4. The second-order valence-electron chi connectivity index (χ2n) is 7.31. The maximum atomic E-state index is 12.1. The first-order chi connectivity index (χ1) is 9.67. The molecule has 5 nitrogen and oxygen atoms in total. The highest BCUT2D eigenvalue weighted by Gasteiger charge is 2.25. The Morgan fingerprint density at radius 1 is 1.38 bits per heavy atom. The lowest BCUT2D eigenvalue weighted by molar-refractivity contribution is 0.0163. The van der Waals surface area contributed by atoms with Gasteiger partial charge in [0.05, 0.1) is 6.10 Å². The van der Waals surface area contributed by atoms with Crippen LogP contribution >= 0.6 is 0 Å². The molecule has 0 saturated heterocycles. The van der Waals surface area contributed by atoms with Crippen molar-refractivity contribution in [1.29, 1.82) is 0 Å². The van der Waals surface area contributed by atoms with Gasteiger partial charge in [0.15, 0.2) is 0 Å². The molecule has 0 bridgehead atoms. The lowest BCUT2D eigenvalue weighted by Gasteiger charge is -2.28. The Kier molecular flexibility index (Phi) is 6.94. The van der Waals surface area contributed by atoms with Crippen LogP contribution in [0.15, 0.2) is 0 Å². The Hall–Kier alpha value is -0.810. The summed E-state index contributed by atoms with van der Waals surface area (Å²) in [7, 11) is 0. The molecule has 1 aliphatic rings. The van der Waals surface area contributed by atoms with Gasteiger partial charge in [-0.3, -0.25) is 0 Å². The summed E-state index contributed by atoms with van der Waals surface area (Å²) in [5, 5.41) is 13.0. The van der Waals surface area contributed by atoms with E-state index in [1.54, 1.807) is 11.8 Å². The monoisotopic (exact) mass is 300 g/mol. The third-order valence-corrected chi connectivity index (χ3v) is 3.39. The van der Waals surface area contributed by atoms with Crippen molar-refractivity contribution in [1.82, 2.24) is 10.2 Å². The van der Waals surface area contributed by atoms with Gasteiger partial charge in [-0.15, -0.1) is 0 Å². The zero-order chi connectivity index (χ0) is 16.0. The van der Waals surface area contributed by atoms with E-state index in [4.69, 9.17) is 4.74 Å². The van der Waals surface area contributed by atoms with Crippen LogP contribution in [0.3, 0.4) is 0 Å². The van der Waals surface area contributed by atoms with Gasteiger partial charge in [-0.2, -0.15) is 0 Å². The number of nitrogens with one attached hydrogen (secondary N) is 1. The molecule has 0 aromatic carbocycles. The smallest absolute Gasteiger partial charge is 0.410 e. The minimum atomic E-state index is -0.554. The van der Waals surface area contributed by atoms with Crippen molar-refractivity contribution < 1.29 is 14.6 Å². The van der Waals surface area contributed by atoms with Gasteiger partial charge in [-0.25, -0.2) is 4.79 Å². The number of carbonyl (C=O) groups is 1. The average molecular weight is 300 g/mol. The van der Waals surface area contributed by atoms with Crippen molar-refractivity contribution >= 4 is 6.09 Å². The molecule has 2 unspecified atom stereocenters. The third-order valence-electron chi connectivity index (χ3n) is 3.39. The first-order valence-electron chi connectivity index (χ1n) is 8.06. The highest BCUT2D eigenvalue weighted by Crippen LogP contribution is 2.33. The second-order valence-corrected chi connectivity index (χ2v) is 7.31. The molecule has 0 aromatic heterocycles. The molecule has 21 heavy (non-hydrogen) atoms. The van der Waals surface area contributed by atoms with E-state index in [1.807, 2.05) is 20.8 Å². The molecule has 1 aliphatic carbocycles. The lowest BCUT2D eigenvalue weighted by Crippen LogP contribution is -2.44. The maximum Gasteiger partial charge on any atom is 0.410 e. The van der Waals surface area contributed by atoms with Crippen molar-refractivity contribution in [2.24, 2.45) is 5.92 Å². The molecule has 0 radical (unpaired) electrons. The topological polar surface area (TPSA) is 61.8 Å². The van der Waals surface area contributed by atoms with E-state index in [9.17, 15) is 9.90 Å². The Balaban J connectivity index is 2.35. The summed E-state index contributed by atoms with van der Waals surface area (Å²) in [6.07, 6.45) is 3.01. The zero-order valence-corrected chi connectivity index (χ0v) is 14.2. The molecule has 2 atom stereocenters. The summed E-state index contributed by atoms with van der Waals surface area (Å²) in [6.45, 7) is 11.0. The fraction of sp³-hybridized carbons (Fsp3) is 0.938. The van der Waals surface area contributed by atoms with Crippen LogP contribution in [-0.4, -0.2) is 53.5 Å². The number of rotatable bonds is 8. The molecule has 1 saturated carbocycles. The molecule has 1 rings (SSSR count). The molecule has 1 fully saturated rings. The Labute approximate surface area is 129 Å². The van der Waals surface area contributed by atoms with Crippen molar-refractivity contribution in [3.05, 3.63) is 0 Å². The second kappa shape index (κ2) is 7.99. The van der Waals surface area contributed by atoms with Gasteiger partial charge in [0.2, 0.25) is 0 Å². The van der Waals surface area contributed by atoms with Gasteiger partial charge in [-0.05, 0) is 47.0 Å². The molecule has 1 amide bonds. The molecular weight excluding hydrogens is 268 g/mol. The number of carbonyl (C=O) groups excluding carboxylic acids is 1. The Bertz CT molecular complexity index is 322. The lowest BCUT2D eigenvalue weighted by atomic mass is 10.1. The molecule has 0 spiro atoms. The molecular formula is C16H32N2O3. The van der Waals surface area contributed by atoms with Crippen molar-refractivity contribution in [3.8, 4) is 0 Å². The minimum absolute atomic E-state index is 0.299. The van der Waals surface area contributed by atoms with Crippen molar-refractivity contribution in [2.75, 3.05) is 19.6 Å². The van der Waals surface area contributed by atoms with Gasteiger partial charge < -0.3 is 20.1 Å². The number of aliphatic hydroxyl groups is 1. The zero-order valence-electron chi connectivity index (χ0n) is 14.2. The van der Waals surface area contributed by atoms with Gasteiger partial charge in [0.1, 0.15) is 5.60 Å². The SMILES string of the molecule is CC(O)CN(CCNC(C)CC1CC1)C(=O)OC(C)(C)C. The summed E-state index contributed by atoms with van der Waals surface area (Å²) < 4.78 is 5.38. The number of hydrogen-bond donors (Lipinski definition) is 2. The van der Waals surface area contributed by atoms with Crippen LogP contribution in [-0.2, 0) is 4.74 Å². The van der Waals surface area contributed by atoms with E-state index in [1.165, 1.54) is 19.3 Å². The molecule has 5 heteroatoms. The number of nitrogens with zero attached hydrogens (tertiary/aromatic N) is 1. The summed E-state index contributed by atoms with van der Waals surface area (Å²) in [6, 6.07) is 0.476. The number of ether oxygens (including phenoxy) is 1. The Morgan fingerprint density at radius 2 is 2.00 bits per heavy atom. The summed E-state index contributed by atoms with van der Waals surface area (Å²) in [4.78, 5) is 13.7. The number of amides is 1. The third kappa shape index (κ3) is 8.94. The first kappa shape index (κ1) is 18.2. The molecule has 124 valence electrons. The van der Waals surface area contributed by atoms with Crippen LogP contribution in [0.5, 0.6) is 0 Å². The van der Waals surface area contributed by atoms with Gasteiger partial charge in [0.25, 0.3) is 0 Å². The van der Waals surface area contributed by atoms with Gasteiger partial charge in [-0.1, -0.05) is 12.8 Å². The van der Waals surface area contributed by atoms with Gasteiger partial charge >= 0.3 is 6.09 Å². The summed E-state index contributed by atoms with van der Waals surface area (Å²) >= 11 is 0. The average Bonchev–Trinajstić information content (AvgIpc) is 3.08. The highest BCUT2D eigenvalue weighted by atomic mass is 16.6. The van der Waals surface area contributed by atoms with Gasteiger partial charge in [0, 0.05) is 25.7 Å². The number of aliphatic hydroxyl groups excluding tert-OH is 1. The van der Waals surface area contributed by atoms with Crippen molar-refractivity contribution in [2.45, 2.75) is 71.6 Å². The Morgan fingerprint density at radius 3 is 2.48 bits per heavy atom. The van der Waals surface area contributed by atoms with Crippen LogP contribution in [0.25, 0.3) is 0 Å². The highest BCUT2D eigenvalue weighted by molar-refractivity contribution is 5.68. The van der Waals surface area contributed by atoms with Crippen LogP contribution in [0.4, 0.5) is 4.79 Å². The standard InChI is InChI=1S/C16H32N2O3/c1-12(10-14-6-7-14)17-8-9-18(11-13(2)19)15(20)21-16(3,4)5/h12-14,17,19H,6-11H2,1-5H3. The fourth-order valence-corrected chi connectivity index (χ4v) is 2.29. The summed E-state index contributed by atoms with van der Waals surface area (Å²) in [5.41, 5.74) is -0.513. The fourth-order valence-electron chi connectivity index (χ4n) is 2.29. The predicted molar refractivity (Wildman–Crippen MR) is 84.3 cm³/mol. The molecule has 0 aromatic rings. The van der Waals surface area contributed by atoms with E-state index in [2.05, 4.69) is 12.2 Å². The molecule has 2 N–H and O–H groups in total. The van der Waals surface area contributed by atoms with E-state index in [0.717, 1.165) is 12.5 Å². The normalized spacial score (nSPS) is 18.2. The summed E-state index contributed by atoms with van der Waals surface area (Å²) in [5.74, 6) is 0.895. The molecule has 0 heterocycles. The van der Waals surface area contributed by atoms with Crippen LogP contribution in [0.2, 0.25) is 0 Å². The van der Waals surface area contributed by atoms with Crippen molar-refractivity contribution in [3.63, 3.8) is 0 Å². The van der Waals surface area contributed by atoms with E-state index in [-0.39, 0.29) is 6.09 Å². The molecule has 0 aliphatic heterocycles. The van der Waals surface area contributed by atoms with E-state index < -0.39 is 11.7 Å². The van der Waals surface area contributed by atoms with E-state index in [0.29, 0.717) is 19.1 Å². The quantitative estimate of drug-likeness (QED) is 0.722. The van der Waals surface area contributed by atoms with E-state index >= 15 is 0 Å². The van der Waals surface area contributed by atoms with Crippen LogP contribution in [0.1, 0.15) is 53.9 Å². The van der Waals surface area contributed by atoms with Crippen LogP contribution < -0.4 is 5.32 Å². The van der Waals surface area contributed by atoms with Crippen LogP contribution in [0, 0.1) is 5.92 Å². The predicted octanol–water partition coefficient (Wildman–Crippen LogP) is 2.38. The maximum absolute atomic E-state index is 12.1. The first-order valence-corrected chi connectivity index (χ1v) is 8.06.